The van der Waals surface area contributed by atoms with Crippen LogP contribution < -0.4 is 0 Å². The lowest BCUT2D eigenvalue weighted by Gasteiger charge is -2.22. The van der Waals surface area contributed by atoms with Crippen LogP contribution in [-0.4, -0.2) is 36.0 Å². The quantitative estimate of drug-likeness (QED) is 0.802. The van der Waals surface area contributed by atoms with Crippen molar-refractivity contribution in [2.24, 2.45) is 0 Å². The van der Waals surface area contributed by atoms with Crippen molar-refractivity contribution in [1.29, 1.82) is 0 Å². The Morgan fingerprint density at radius 1 is 1.41 bits per heavy atom. The number of carbonyl (C=O) groups excluding carboxylic acids is 2. The SMILES string of the molecule is CCOC(=O)[C@@H]1CCCN1C(=O)c1sc2ccccc2c1Cl. The van der Waals surface area contributed by atoms with Gasteiger partial charge in [-0.3, -0.25) is 4.79 Å². The molecule has 0 saturated carbocycles. The number of rotatable bonds is 3. The molecule has 0 radical (unpaired) electrons. The molecule has 0 bridgehead atoms. The van der Waals surface area contributed by atoms with E-state index >= 15 is 0 Å². The highest BCUT2D eigenvalue weighted by atomic mass is 35.5. The third kappa shape index (κ3) is 2.59. The molecule has 0 aliphatic carbocycles. The van der Waals surface area contributed by atoms with E-state index < -0.39 is 6.04 Å². The maximum absolute atomic E-state index is 12.8. The van der Waals surface area contributed by atoms with E-state index in [0.717, 1.165) is 16.5 Å². The Labute approximate surface area is 137 Å². The molecule has 1 saturated heterocycles. The van der Waals surface area contributed by atoms with Gasteiger partial charge in [-0.15, -0.1) is 11.3 Å². The Hall–Kier alpha value is -1.59. The highest BCUT2D eigenvalue weighted by Gasteiger charge is 2.37. The van der Waals surface area contributed by atoms with E-state index in [0.29, 0.717) is 29.5 Å². The molecule has 1 aromatic carbocycles. The zero-order valence-corrected chi connectivity index (χ0v) is 13.7. The Morgan fingerprint density at radius 2 is 2.18 bits per heavy atom. The standard InChI is InChI=1S/C16H16ClNO3S/c1-2-21-16(20)11-7-5-9-18(11)15(19)14-13(17)10-6-3-4-8-12(10)22-14/h3-4,6,8,11H,2,5,7,9H2,1H3/t11-/m0/s1. The summed E-state index contributed by atoms with van der Waals surface area (Å²) < 4.78 is 6.04. The molecule has 2 heterocycles. The number of benzene rings is 1. The van der Waals surface area contributed by atoms with Crippen molar-refractivity contribution >= 4 is 44.9 Å². The summed E-state index contributed by atoms with van der Waals surface area (Å²) in [6.07, 6.45) is 1.45. The predicted molar refractivity (Wildman–Crippen MR) is 87.5 cm³/mol. The molecule has 1 aliphatic heterocycles. The number of hydrogen-bond acceptors (Lipinski definition) is 4. The van der Waals surface area contributed by atoms with Crippen LogP contribution in [-0.2, 0) is 9.53 Å². The van der Waals surface area contributed by atoms with Gasteiger partial charge in [0.1, 0.15) is 10.9 Å². The van der Waals surface area contributed by atoms with Crippen LogP contribution in [0.1, 0.15) is 29.4 Å². The lowest BCUT2D eigenvalue weighted by Crippen LogP contribution is -2.41. The summed E-state index contributed by atoms with van der Waals surface area (Å²) in [5.74, 6) is -0.507. The predicted octanol–water partition coefficient (Wildman–Crippen LogP) is 3.72. The summed E-state index contributed by atoms with van der Waals surface area (Å²) in [7, 11) is 0. The van der Waals surface area contributed by atoms with Crippen LogP contribution in [0.2, 0.25) is 5.02 Å². The number of hydrogen-bond donors (Lipinski definition) is 0. The van der Waals surface area contributed by atoms with Crippen LogP contribution in [0.4, 0.5) is 0 Å². The Bertz CT molecular complexity index is 727. The summed E-state index contributed by atoms with van der Waals surface area (Å²) in [6, 6.07) is 7.16. The molecule has 1 fully saturated rings. The number of thiophene rings is 1. The van der Waals surface area contributed by atoms with Crippen LogP contribution in [0, 0.1) is 0 Å². The average Bonchev–Trinajstić information content (AvgIpc) is 3.13. The van der Waals surface area contributed by atoms with Gasteiger partial charge in [0.2, 0.25) is 0 Å². The van der Waals surface area contributed by atoms with Crippen LogP contribution >= 0.6 is 22.9 Å². The van der Waals surface area contributed by atoms with Crippen LogP contribution in [0.5, 0.6) is 0 Å². The average molecular weight is 338 g/mol. The monoisotopic (exact) mass is 337 g/mol. The first kappa shape index (κ1) is 15.3. The van der Waals surface area contributed by atoms with E-state index in [1.54, 1.807) is 11.8 Å². The number of nitrogens with zero attached hydrogens (tertiary/aromatic N) is 1. The molecule has 0 N–H and O–H groups in total. The molecule has 2 aromatic rings. The minimum Gasteiger partial charge on any atom is -0.464 e. The minimum atomic E-state index is -0.492. The van der Waals surface area contributed by atoms with Gasteiger partial charge < -0.3 is 9.64 Å². The Kier molecular flexibility index (Phi) is 4.36. The number of esters is 1. The first-order valence-corrected chi connectivity index (χ1v) is 8.47. The molecule has 116 valence electrons. The number of carbonyl (C=O) groups is 2. The van der Waals surface area contributed by atoms with Crippen molar-refractivity contribution < 1.29 is 14.3 Å². The highest BCUT2D eigenvalue weighted by Crippen LogP contribution is 2.37. The topological polar surface area (TPSA) is 46.6 Å². The van der Waals surface area contributed by atoms with Crippen LogP contribution in [0.15, 0.2) is 24.3 Å². The first-order valence-electron chi connectivity index (χ1n) is 7.28. The molecule has 0 spiro atoms. The molecule has 1 amide bonds. The second-order valence-corrected chi connectivity index (χ2v) is 6.58. The van der Waals surface area contributed by atoms with Crippen molar-refractivity contribution in [3.63, 3.8) is 0 Å². The fourth-order valence-electron chi connectivity index (χ4n) is 2.78. The third-order valence-electron chi connectivity index (χ3n) is 3.80. The molecule has 6 heteroatoms. The van der Waals surface area contributed by atoms with Crippen molar-refractivity contribution in [3.8, 4) is 0 Å². The van der Waals surface area contributed by atoms with Crippen molar-refractivity contribution in [2.75, 3.05) is 13.2 Å². The maximum Gasteiger partial charge on any atom is 0.328 e. The fourth-order valence-corrected chi connectivity index (χ4v) is 4.24. The number of amides is 1. The third-order valence-corrected chi connectivity index (χ3v) is 5.46. The second-order valence-electron chi connectivity index (χ2n) is 5.15. The molecule has 0 unspecified atom stereocenters. The van der Waals surface area contributed by atoms with Crippen LogP contribution in [0.25, 0.3) is 10.1 Å². The van der Waals surface area contributed by atoms with Gasteiger partial charge in [-0.05, 0) is 25.8 Å². The van der Waals surface area contributed by atoms with Gasteiger partial charge in [-0.25, -0.2) is 4.79 Å². The largest absolute Gasteiger partial charge is 0.464 e. The van der Waals surface area contributed by atoms with Gasteiger partial charge in [0, 0.05) is 16.6 Å². The summed E-state index contributed by atoms with van der Waals surface area (Å²) in [6.45, 7) is 2.65. The van der Waals surface area contributed by atoms with Gasteiger partial charge in [0.25, 0.3) is 5.91 Å². The van der Waals surface area contributed by atoms with E-state index in [-0.39, 0.29) is 11.9 Å². The summed E-state index contributed by atoms with van der Waals surface area (Å²) in [5.41, 5.74) is 0. The molecule has 1 aromatic heterocycles. The van der Waals surface area contributed by atoms with Gasteiger partial charge in [0.15, 0.2) is 0 Å². The number of halogens is 1. The summed E-state index contributed by atoms with van der Waals surface area (Å²) in [5, 5.41) is 1.35. The molecule has 4 nitrogen and oxygen atoms in total. The molecule has 3 rings (SSSR count). The smallest absolute Gasteiger partial charge is 0.328 e. The van der Waals surface area contributed by atoms with E-state index in [9.17, 15) is 9.59 Å². The maximum atomic E-state index is 12.8. The summed E-state index contributed by atoms with van der Waals surface area (Å²) in [4.78, 5) is 26.9. The van der Waals surface area contributed by atoms with Crippen molar-refractivity contribution in [2.45, 2.75) is 25.8 Å². The number of likely N-dealkylation sites (tertiary alicyclic amines) is 1. The van der Waals surface area contributed by atoms with Gasteiger partial charge in [0.05, 0.1) is 11.6 Å². The molecular formula is C16H16ClNO3S. The van der Waals surface area contributed by atoms with Crippen molar-refractivity contribution in [1.82, 2.24) is 4.90 Å². The highest BCUT2D eigenvalue weighted by molar-refractivity contribution is 7.21. The van der Waals surface area contributed by atoms with E-state index in [4.69, 9.17) is 16.3 Å². The number of fused-ring (bicyclic) bond motifs is 1. The molecule has 1 atom stereocenters. The zero-order chi connectivity index (χ0) is 15.7. The van der Waals surface area contributed by atoms with Crippen LogP contribution in [0.3, 0.4) is 0 Å². The molecule has 22 heavy (non-hydrogen) atoms. The first-order chi connectivity index (χ1) is 10.6. The van der Waals surface area contributed by atoms with E-state index in [2.05, 4.69) is 0 Å². The Balaban J connectivity index is 1.91. The van der Waals surface area contributed by atoms with Gasteiger partial charge >= 0.3 is 5.97 Å². The van der Waals surface area contributed by atoms with Gasteiger partial charge in [-0.2, -0.15) is 0 Å². The number of ether oxygens (including phenoxy) is 1. The Morgan fingerprint density at radius 3 is 2.91 bits per heavy atom. The fraction of sp³-hybridized carbons (Fsp3) is 0.375. The van der Waals surface area contributed by atoms with Gasteiger partial charge in [-0.1, -0.05) is 29.8 Å². The van der Waals surface area contributed by atoms with E-state index in [1.807, 2.05) is 24.3 Å². The lowest BCUT2D eigenvalue weighted by atomic mass is 10.2. The normalized spacial score (nSPS) is 17.9. The summed E-state index contributed by atoms with van der Waals surface area (Å²) >= 11 is 7.74. The zero-order valence-electron chi connectivity index (χ0n) is 12.2. The van der Waals surface area contributed by atoms with E-state index in [1.165, 1.54) is 11.3 Å². The van der Waals surface area contributed by atoms with Crippen molar-refractivity contribution in [3.05, 3.63) is 34.2 Å². The second kappa shape index (κ2) is 6.26. The lowest BCUT2D eigenvalue weighted by molar-refractivity contribution is -0.147. The minimum absolute atomic E-state index is 0.179. The molecule has 1 aliphatic rings. The molecular weight excluding hydrogens is 322 g/mol.